The number of rotatable bonds is 11. The fourth-order valence-corrected chi connectivity index (χ4v) is 2.45. The van der Waals surface area contributed by atoms with Gasteiger partial charge in [-0.2, -0.15) is 0 Å². The van der Waals surface area contributed by atoms with Crippen molar-refractivity contribution < 1.29 is 19.8 Å². The van der Waals surface area contributed by atoms with Crippen molar-refractivity contribution in [1.29, 1.82) is 0 Å². The predicted octanol–water partition coefficient (Wildman–Crippen LogP) is 2.25. The van der Waals surface area contributed by atoms with E-state index in [1.54, 1.807) is 6.92 Å². The number of anilines is 1. The van der Waals surface area contributed by atoms with Crippen molar-refractivity contribution in [3.05, 3.63) is 34.2 Å². The quantitative estimate of drug-likeness (QED) is 0.278. The Balaban J connectivity index is 2.77. The van der Waals surface area contributed by atoms with Crippen LogP contribution < -0.4 is 10.7 Å². The first-order valence-corrected chi connectivity index (χ1v) is 7.86. The van der Waals surface area contributed by atoms with Crippen molar-refractivity contribution in [3.63, 3.8) is 0 Å². The second-order valence-electron chi connectivity index (χ2n) is 5.43. The number of aliphatic hydroxyl groups excluding tert-OH is 1. The van der Waals surface area contributed by atoms with Gasteiger partial charge in [0.1, 0.15) is 0 Å². The van der Waals surface area contributed by atoms with E-state index in [9.17, 15) is 19.6 Å². The van der Waals surface area contributed by atoms with Crippen molar-refractivity contribution in [2.24, 2.45) is 5.29 Å². The summed E-state index contributed by atoms with van der Waals surface area (Å²) in [4.78, 5) is 34.1. The van der Waals surface area contributed by atoms with Gasteiger partial charge in [-0.25, -0.2) is 10.2 Å². The number of unbranched alkanes of at least 4 members (excludes halogenated alkanes) is 3. The average molecular weight is 337 g/mol. The lowest BCUT2D eigenvalue weighted by Crippen LogP contribution is -2.30. The standard InChI is InChI=1S/C16H23N3O5/c1-11(15(21)17-9-4-2-3-5-10-20)14-12(16(22)23)7-6-8-13(14)18-19-24/h6-8,11,20H,2-5,9-10H2,1H3,(H,17,21)(H,18,24)(H,22,23). The number of hydrogen-bond donors (Lipinski definition) is 4. The van der Waals surface area contributed by atoms with Gasteiger partial charge in [0.05, 0.1) is 22.5 Å². The molecule has 8 heteroatoms. The van der Waals surface area contributed by atoms with E-state index < -0.39 is 11.9 Å². The second kappa shape index (κ2) is 10.3. The van der Waals surface area contributed by atoms with Gasteiger partial charge in [-0.15, -0.1) is 4.91 Å². The summed E-state index contributed by atoms with van der Waals surface area (Å²) >= 11 is 0. The van der Waals surface area contributed by atoms with E-state index in [2.05, 4.69) is 16.0 Å². The normalized spacial score (nSPS) is 11.6. The molecular formula is C16H23N3O5. The van der Waals surface area contributed by atoms with Crippen LogP contribution in [0.4, 0.5) is 5.69 Å². The van der Waals surface area contributed by atoms with Crippen LogP contribution in [0.5, 0.6) is 0 Å². The molecule has 0 saturated carbocycles. The van der Waals surface area contributed by atoms with E-state index >= 15 is 0 Å². The lowest BCUT2D eigenvalue weighted by molar-refractivity contribution is -0.122. The number of nitroso groups, excluding NO2 is 1. The molecule has 4 N–H and O–H groups in total. The summed E-state index contributed by atoms with van der Waals surface area (Å²) in [6.07, 6.45) is 3.30. The topological polar surface area (TPSA) is 128 Å². The summed E-state index contributed by atoms with van der Waals surface area (Å²) in [6, 6.07) is 4.36. The molecule has 0 saturated heterocycles. The molecular weight excluding hydrogens is 314 g/mol. The van der Waals surface area contributed by atoms with Gasteiger partial charge in [-0.05, 0) is 31.9 Å². The van der Waals surface area contributed by atoms with Gasteiger partial charge in [-0.3, -0.25) is 4.79 Å². The fraction of sp³-hybridized carbons (Fsp3) is 0.500. The summed E-state index contributed by atoms with van der Waals surface area (Å²) in [5.74, 6) is -2.25. The van der Waals surface area contributed by atoms with Gasteiger partial charge in [-0.1, -0.05) is 18.9 Å². The van der Waals surface area contributed by atoms with E-state index in [0.717, 1.165) is 25.7 Å². The van der Waals surface area contributed by atoms with Crippen molar-refractivity contribution in [3.8, 4) is 0 Å². The minimum absolute atomic E-state index is 0.0470. The van der Waals surface area contributed by atoms with Crippen LogP contribution in [0.1, 0.15) is 54.4 Å². The molecule has 1 aromatic carbocycles. The summed E-state index contributed by atoms with van der Waals surface area (Å²) < 4.78 is 0. The highest BCUT2D eigenvalue weighted by molar-refractivity contribution is 5.95. The third-order valence-corrected chi connectivity index (χ3v) is 3.71. The molecule has 0 fully saturated rings. The molecule has 0 aliphatic rings. The first-order chi connectivity index (χ1) is 11.5. The maximum atomic E-state index is 12.3. The first-order valence-electron chi connectivity index (χ1n) is 7.86. The van der Waals surface area contributed by atoms with E-state index in [1.165, 1.54) is 18.2 Å². The number of benzene rings is 1. The summed E-state index contributed by atoms with van der Waals surface area (Å²) in [7, 11) is 0. The van der Waals surface area contributed by atoms with Crippen molar-refractivity contribution in [1.82, 2.24) is 5.32 Å². The van der Waals surface area contributed by atoms with Crippen LogP contribution >= 0.6 is 0 Å². The number of aliphatic hydroxyl groups is 1. The molecule has 0 bridgehead atoms. The maximum Gasteiger partial charge on any atom is 0.336 e. The minimum atomic E-state index is -1.18. The lowest BCUT2D eigenvalue weighted by atomic mass is 9.93. The fourth-order valence-electron chi connectivity index (χ4n) is 2.45. The first kappa shape index (κ1) is 19.6. The van der Waals surface area contributed by atoms with Crippen LogP contribution in [-0.4, -0.2) is 35.2 Å². The van der Waals surface area contributed by atoms with Gasteiger partial charge in [0.2, 0.25) is 5.91 Å². The molecule has 132 valence electrons. The van der Waals surface area contributed by atoms with Crippen LogP contribution in [-0.2, 0) is 4.79 Å². The second-order valence-corrected chi connectivity index (χ2v) is 5.43. The monoisotopic (exact) mass is 337 g/mol. The Labute approximate surface area is 140 Å². The van der Waals surface area contributed by atoms with Gasteiger partial charge in [0, 0.05) is 18.7 Å². The third kappa shape index (κ3) is 5.62. The van der Waals surface area contributed by atoms with Crippen LogP contribution in [0, 0.1) is 4.91 Å². The zero-order valence-corrected chi connectivity index (χ0v) is 13.6. The van der Waals surface area contributed by atoms with Crippen LogP contribution in [0.25, 0.3) is 0 Å². The highest BCUT2D eigenvalue weighted by atomic mass is 16.4. The number of hydrogen-bond acceptors (Lipinski definition) is 5. The molecule has 0 aromatic heterocycles. The predicted molar refractivity (Wildman–Crippen MR) is 89.8 cm³/mol. The summed E-state index contributed by atoms with van der Waals surface area (Å²) in [5, 5.41) is 23.3. The number of nitrogens with one attached hydrogen (secondary N) is 2. The molecule has 0 heterocycles. The molecule has 0 aliphatic heterocycles. The Morgan fingerprint density at radius 1 is 1.21 bits per heavy atom. The number of carboxylic acids is 1. The Hall–Kier alpha value is -2.48. The minimum Gasteiger partial charge on any atom is -0.478 e. The van der Waals surface area contributed by atoms with E-state index in [4.69, 9.17) is 5.11 Å². The van der Waals surface area contributed by atoms with Crippen LogP contribution in [0.2, 0.25) is 0 Å². The zero-order chi connectivity index (χ0) is 17.9. The molecule has 0 spiro atoms. The number of amides is 1. The smallest absolute Gasteiger partial charge is 0.336 e. The highest BCUT2D eigenvalue weighted by Crippen LogP contribution is 2.29. The molecule has 1 unspecified atom stereocenters. The van der Waals surface area contributed by atoms with Gasteiger partial charge in [0.25, 0.3) is 0 Å². The number of aromatic carboxylic acids is 1. The van der Waals surface area contributed by atoms with Crippen LogP contribution in [0.3, 0.4) is 0 Å². The Bertz CT molecular complexity index is 577. The molecule has 0 radical (unpaired) electrons. The van der Waals surface area contributed by atoms with Crippen molar-refractivity contribution >= 4 is 17.6 Å². The molecule has 1 amide bonds. The molecule has 0 aliphatic carbocycles. The average Bonchev–Trinajstić information content (AvgIpc) is 2.57. The third-order valence-electron chi connectivity index (χ3n) is 3.71. The Morgan fingerprint density at radius 3 is 2.54 bits per heavy atom. The summed E-state index contributed by atoms with van der Waals surface area (Å²) in [6.45, 7) is 2.22. The zero-order valence-electron chi connectivity index (χ0n) is 13.6. The number of carboxylic acid groups (broad SMARTS) is 1. The highest BCUT2D eigenvalue weighted by Gasteiger charge is 2.24. The van der Waals surface area contributed by atoms with E-state index in [-0.39, 0.29) is 29.3 Å². The molecule has 8 nitrogen and oxygen atoms in total. The molecule has 1 rings (SSSR count). The number of carbonyl (C=O) groups excluding carboxylic acids is 1. The Kier molecular flexibility index (Phi) is 8.42. The number of carbonyl (C=O) groups is 2. The summed E-state index contributed by atoms with van der Waals surface area (Å²) in [5.41, 5.74) is 2.58. The molecule has 1 atom stereocenters. The van der Waals surface area contributed by atoms with Crippen molar-refractivity contribution in [2.45, 2.75) is 38.5 Å². The largest absolute Gasteiger partial charge is 0.478 e. The van der Waals surface area contributed by atoms with Crippen molar-refractivity contribution in [2.75, 3.05) is 18.6 Å². The van der Waals surface area contributed by atoms with Gasteiger partial charge < -0.3 is 15.5 Å². The number of nitrogens with zero attached hydrogens (tertiary/aromatic N) is 1. The van der Waals surface area contributed by atoms with E-state index in [1.807, 2.05) is 0 Å². The maximum absolute atomic E-state index is 12.3. The SMILES string of the molecule is CC(C(=O)NCCCCCCO)c1c(NN=O)cccc1C(=O)O. The van der Waals surface area contributed by atoms with E-state index in [0.29, 0.717) is 6.54 Å². The van der Waals surface area contributed by atoms with Crippen LogP contribution in [0.15, 0.2) is 23.5 Å². The molecule has 1 aromatic rings. The lowest BCUT2D eigenvalue weighted by Gasteiger charge is -2.17. The van der Waals surface area contributed by atoms with Gasteiger partial charge >= 0.3 is 5.97 Å². The molecule has 24 heavy (non-hydrogen) atoms. The Morgan fingerprint density at radius 2 is 1.92 bits per heavy atom. The van der Waals surface area contributed by atoms with Gasteiger partial charge in [0.15, 0.2) is 0 Å².